The van der Waals surface area contributed by atoms with E-state index in [4.69, 9.17) is 0 Å². The van der Waals surface area contributed by atoms with E-state index in [2.05, 4.69) is 19.2 Å². The van der Waals surface area contributed by atoms with E-state index in [1.165, 1.54) is 17.7 Å². The highest BCUT2D eigenvalue weighted by Gasteiger charge is 2.32. The molecule has 0 saturated heterocycles. The van der Waals surface area contributed by atoms with E-state index >= 15 is 0 Å². The predicted molar refractivity (Wildman–Crippen MR) is 107 cm³/mol. The van der Waals surface area contributed by atoms with Gasteiger partial charge in [0.05, 0.1) is 0 Å². The lowest BCUT2D eigenvalue weighted by atomic mass is 9.93. The molecule has 0 radical (unpaired) electrons. The van der Waals surface area contributed by atoms with Gasteiger partial charge in [-0.05, 0) is 31.0 Å². The highest BCUT2D eigenvalue weighted by atomic mass is 16.2. The van der Waals surface area contributed by atoms with Crippen molar-refractivity contribution in [1.82, 2.24) is 4.90 Å². The van der Waals surface area contributed by atoms with E-state index in [1.54, 1.807) is 0 Å². The molecule has 0 atom stereocenters. The lowest BCUT2D eigenvalue weighted by Crippen LogP contribution is -2.40. The van der Waals surface area contributed by atoms with Crippen molar-refractivity contribution < 1.29 is 9.59 Å². The minimum atomic E-state index is -0.160. The van der Waals surface area contributed by atoms with Crippen LogP contribution in [0.15, 0.2) is 30.3 Å². The molecule has 4 nitrogen and oxygen atoms in total. The Bertz CT molecular complexity index is 791. The van der Waals surface area contributed by atoms with Crippen molar-refractivity contribution in [2.24, 2.45) is 0 Å². The summed E-state index contributed by atoms with van der Waals surface area (Å²) in [5, 5.41) is 5.24. The van der Waals surface area contributed by atoms with E-state index in [0.29, 0.717) is 17.7 Å². The summed E-state index contributed by atoms with van der Waals surface area (Å²) in [5.74, 6) is -0.320. The Morgan fingerprint density at radius 1 is 0.846 bits per heavy atom. The van der Waals surface area contributed by atoms with Crippen LogP contribution in [0.5, 0.6) is 0 Å². The Kier molecular flexibility index (Phi) is 5.92. The van der Waals surface area contributed by atoms with Crippen LogP contribution in [0.1, 0.15) is 73.1 Å². The number of hydrogen-bond donors (Lipinski definition) is 1. The van der Waals surface area contributed by atoms with Gasteiger partial charge in [-0.1, -0.05) is 51.7 Å². The number of hydrogen-bond acceptors (Lipinski definition) is 3. The minimum Gasteiger partial charge on any atom is -0.385 e. The SMILES string of the molecule is CCCCCNc1ccc2c3c(cccc13)C(=O)N(CCCCC)C2=O. The van der Waals surface area contributed by atoms with Crippen LogP contribution in [0.25, 0.3) is 10.8 Å². The Balaban J connectivity index is 1.94. The fourth-order valence-electron chi connectivity index (χ4n) is 3.62. The van der Waals surface area contributed by atoms with E-state index in [9.17, 15) is 9.59 Å². The zero-order valence-electron chi connectivity index (χ0n) is 15.8. The molecule has 1 N–H and O–H groups in total. The summed E-state index contributed by atoms with van der Waals surface area (Å²) in [6.07, 6.45) is 6.43. The summed E-state index contributed by atoms with van der Waals surface area (Å²) in [6, 6.07) is 9.60. The third kappa shape index (κ3) is 3.46. The topological polar surface area (TPSA) is 49.4 Å². The van der Waals surface area contributed by atoms with Crippen molar-refractivity contribution >= 4 is 28.3 Å². The molecule has 0 spiro atoms. The van der Waals surface area contributed by atoms with Gasteiger partial charge in [0.25, 0.3) is 11.8 Å². The molecule has 1 heterocycles. The van der Waals surface area contributed by atoms with Gasteiger partial charge in [-0.15, -0.1) is 0 Å². The first-order valence-electron chi connectivity index (χ1n) is 9.84. The first-order chi connectivity index (χ1) is 12.7. The van der Waals surface area contributed by atoms with Gasteiger partial charge in [-0.3, -0.25) is 14.5 Å². The number of carbonyl (C=O) groups excluding carboxylic acids is 2. The van der Waals surface area contributed by atoms with Crippen LogP contribution in [0.3, 0.4) is 0 Å². The number of rotatable bonds is 9. The number of nitrogens with zero attached hydrogens (tertiary/aromatic N) is 1. The molecule has 138 valence electrons. The van der Waals surface area contributed by atoms with E-state index < -0.39 is 0 Å². The van der Waals surface area contributed by atoms with Gasteiger partial charge >= 0.3 is 0 Å². The molecule has 2 amide bonds. The Morgan fingerprint density at radius 3 is 2.27 bits per heavy atom. The number of nitrogens with one attached hydrogen (secondary N) is 1. The van der Waals surface area contributed by atoms with E-state index in [-0.39, 0.29) is 11.8 Å². The van der Waals surface area contributed by atoms with Crippen molar-refractivity contribution in [1.29, 1.82) is 0 Å². The second kappa shape index (κ2) is 8.35. The first-order valence-corrected chi connectivity index (χ1v) is 9.84. The van der Waals surface area contributed by atoms with Gasteiger partial charge in [0.15, 0.2) is 0 Å². The molecule has 0 fully saturated rings. The summed E-state index contributed by atoms with van der Waals surface area (Å²) in [6.45, 7) is 5.70. The van der Waals surface area contributed by atoms with Crippen LogP contribution in [0.4, 0.5) is 5.69 Å². The van der Waals surface area contributed by atoms with Crippen molar-refractivity contribution in [2.45, 2.75) is 52.4 Å². The van der Waals surface area contributed by atoms with Crippen molar-refractivity contribution in [3.05, 3.63) is 41.5 Å². The maximum Gasteiger partial charge on any atom is 0.261 e. The van der Waals surface area contributed by atoms with Gasteiger partial charge < -0.3 is 5.32 Å². The molecule has 0 unspecified atom stereocenters. The number of anilines is 1. The van der Waals surface area contributed by atoms with Crippen LogP contribution in [0.2, 0.25) is 0 Å². The molecule has 0 aliphatic carbocycles. The highest BCUT2D eigenvalue weighted by Crippen LogP contribution is 2.34. The Morgan fingerprint density at radius 2 is 1.54 bits per heavy atom. The van der Waals surface area contributed by atoms with Gasteiger partial charge in [0, 0.05) is 40.7 Å². The third-order valence-corrected chi connectivity index (χ3v) is 5.07. The lowest BCUT2D eigenvalue weighted by Gasteiger charge is -2.28. The standard InChI is InChI=1S/C22H28N2O2/c1-3-5-7-14-23-19-13-12-18-20-16(19)10-9-11-17(20)21(25)24(22(18)26)15-8-6-4-2/h9-13,23H,3-8,14-15H2,1-2H3. The van der Waals surface area contributed by atoms with Gasteiger partial charge in [-0.2, -0.15) is 0 Å². The molecule has 1 aliphatic rings. The second-order valence-corrected chi connectivity index (χ2v) is 6.99. The first kappa shape index (κ1) is 18.4. The molecule has 1 aliphatic heterocycles. The van der Waals surface area contributed by atoms with Crippen LogP contribution in [0, 0.1) is 0 Å². The number of unbranched alkanes of at least 4 members (excludes halogenated alkanes) is 4. The second-order valence-electron chi connectivity index (χ2n) is 6.99. The molecule has 26 heavy (non-hydrogen) atoms. The van der Waals surface area contributed by atoms with E-state index in [0.717, 1.165) is 48.7 Å². The van der Waals surface area contributed by atoms with Crippen LogP contribution >= 0.6 is 0 Å². The zero-order chi connectivity index (χ0) is 18.5. The molecule has 0 aromatic heterocycles. The fourth-order valence-corrected chi connectivity index (χ4v) is 3.62. The molecule has 0 saturated carbocycles. The van der Waals surface area contributed by atoms with Crippen LogP contribution in [-0.2, 0) is 0 Å². The number of carbonyl (C=O) groups is 2. The Labute approximate surface area is 155 Å². The number of amides is 2. The monoisotopic (exact) mass is 352 g/mol. The normalized spacial score (nSPS) is 13.5. The molecular weight excluding hydrogens is 324 g/mol. The predicted octanol–water partition coefficient (Wildman–Crippen LogP) is 5.23. The third-order valence-electron chi connectivity index (χ3n) is 5.07. The number of imide groups is 1. The molecule has 2 aromatic carbocycles. The highest BCUT2D eigenvalue weighted by molar-refractivity contribution is 6.26. The van der Waals surface area contributed by atoms with Crippen LogP contribution < -0.4 is 5.32 Å². The molecular formula is C22H28N2O2. The summed E-state index contributed by atoms with van der Waals surface area (Å²) < 4.78 is 0. The van der Waals surface area contributed by atoms with Crippen molar-refractivity contribution in [2.75, 3.05) is 18.4 Å². The summed E-state index contributed by atoms with van der Waals surface area (Å²) in [4.78, 5) is 27.2. The largest absolute Gasteiger partial charge is 0.385 e. The average Bonchev–Trinajstić information content (AvgIpc) is 2.66. The lowest BCUT2D eigenvalue weighted by molar-refractivity contribution is 0.0608. The summed E-state index contributed by atoms with van der Waals surface area (Å²) in [7, 11) is 0. The maximum atomic E-state index is 12.9. The zero-order valence-corrected chi connectivity index (χ0v) is 15.8. The molecule has 4 heteroatoms. The molecule has 2 aromatic rings. The van der Waals surface area contributed by atoms with E-state index in [1.807, 2.05) is 30.3 Å². The smallest absolute Gasteiger partial charge is 0.261 e. The minimum absolute atomic E-state index is 0.160. The fraction of sp³-hybridized carbons (Fsp3) is 0.455. The van der Waals surface area contributed by atoms with Gasteiger partial charge in [-0.25, -0.2) is 0 Å². The van der Waals surface area contributed by atoms with Crippen molar-refractivity contribution in [3.8, 4) is 0 Å². The van der Waals surface area contributed by atoms with Crippen molar-refractivity contribution in [3.63, 3.8) is 0 Å². The Hall–Kier alpha value is -2.36. The average molecular weight is 352 g/mol. The molecule has 3 rings (SSSR count). The van der Waals surface area contributed by atoms with Gasteiger partial charge in [0.2, 0.25) is 0 Å². The molecule has 0 bridgehead atoms. The van der Waals surface area contributed by atoms with Crippen LogP contribution in [-0.4, -0.2) is 29.8 Å². The quantitative estimate of drug-likeness (QED) is 0.497. The maximum absolute atomic E-state index is 12.9. The number of benzene rings is 2. The summed E-state index contributed by atoms with van der Waals surface area (Å²) >= 11 is 0. The van der Waals surface area contributed by atoms with Gasteiger partial charge in [0.1, 0.15) is 0 Å². The summed E-state index contributed by atoms with van der Waals surface area (Å²) in [5.41, 5.74) is 2.29.